The minimum absolute atomic E-state index is 0.0572. The first-order valence-electron chi connectivity index (χ1n) is 11.6. The smallest absolute Gasteiger partial charge is 0.254 e. The van der Waals surface area contributed by atoms with Crippen molar-refractivity contribution in [2.45, 2.75) is 72.8 Å². The van der Waals surface area contributed by atoms with Gasteiger partial charge in [0.2, 0.25) is 11.8 Å². The van der Waals surface area contributed by atoms with Crippen LogP contribution in [0.5, 0.6) is 0 Å². The molecule has 3 rings (SSSR count). The number of rotatable bonds is 3. The Kier molecular flexibility index (Phi) is 7.07. The van der Waals surface area contributed by atoms with Gasteiger partial charge in [-0.2, -0.15) is 0 Å². The maximum absolute atomic E-state index is 12.9. The summed E-state index contributed by atoms with van der Waals surface area (Å²) in [5.74, 6) is -0.110. The van der Waals surface area contributed by atoms with E-state index in [-0.39, 0.29) is 29.7 Å². The Bertz CT molecular complexity index is 843. The monoisotopic (exact) mass is 427 g/mol. The second-order valence-corrected chi connectivity index (χ2v) is 10.2. The molecule has 0 bridgehead atoms. The first-order valence-corrected chi connectivity index (χ1v) is 11.6. The molecule has 170 valence electrons. The predicted molar refractivity (Wildman–Crippen MR) is 123 cm³/mol. The molecular formula is C25H37N3O3. The van der Waals surface area contributed by atoms with Gasteiger partial charge in [-0.05, 0) is 69.7 Å². The predicted octanol–water partition coefficient (Wildman–Crippen LogP) is 4.23. The lowest BCUT2D eigenvalue weighted by Crippen LogP contribution is -2.47. The van der Waals surface area contributed by atoms with E-state index in [0.717, 1.165) is 43.5 Å². The van der Waals surface area contributed by atoms with Gasteiger partial charge in [-0.3, -0.25) is 14.4 Å². The summed E-state index contributed by atoms with van der Waals surface area (Å²) in [6.45, 7) is 11.7. The van der Waals surface area contributed by atoms with Gasteiger partial charge in [-0.1, -0.05) is 20.8 Å². The lowest BCUT2D eigenvalue weighted by atomic mass is 9.91. The number of nitrogens with zero attached hydrogens (tertiary/aromatic N) is 2. The topological polar surface area (TPSA) is 69.7 Å². The minimum Gasteiger partial charge on any atom is -0.341 e. The first-order chi connectivity index (χ1) is 14.6. The van der Waals surface area contributed by atoms with Crippen molar-refractivity contribution in [3.05, 3.63) is 29.3 Å². The SMILES string of the molecule is Cc1cc(C(=O)N2CCCCC2C)ccc1NC(=O)C1CCCN(C(=O)C(C)(C)C)C1. The van der Waals surface area contributed by atoms with E-state index in [1.807, 2.05) is 55.7 Å². The Balaban J connectivity index is 1.65. The van der Waals surface area contributed by atoms with Crippen LogP contribution in [0.3, 0.4) is 0 Å². The molecule has 0 spiro atoms. The first kappa shape index (κ1) is 23.3. The molecule has 1 N–H and O–H groups in total. The van der Waals surface area contributed by atoms with Crippen LogP contribution in [0, 0.1) is 18.3 Å². The quantitative estimate of drug-likeness (QED) is 0.785. The van der Waals surface area contributed by atoms with Gasteiger partial charge in [0.05, 0.1) is 5.92 Å². The molecule has 0 radical (unpaired) electrons. The molecule has 6 nitrogen and oxygen atoms in total. The van der Waals surface area contributed by atoms with E-state index in [0.29, 0.717) is 18.7 Å². The number of hydrogen-bond donors (Lipinski definition) is 1. The highest BCUT2D eigenvalue weighted by Crippen LogP contribution is 2.26. The maximum Gasteiger partial charge on any atom is 0.254 e. The third-order valence-corrected chi connectivity index (χ3v) is 6.52. The molecule has 0 aliphatic carbocycles. The van der Waals surface area contributed by atoms with Crippen molar-refractivity contribution in [2.75, 3.05) is 25.0 Å². The second kappa shape index (κ2) is 9.41. The summed E-state index contributed by atoms with van der Waals surface area (Å²) in [4.78, 5) is 42.2. The molecule has 31 heavy (non-hydrogen) atoms. The molecule has 1 aromatic carbocycles. The van der Waals surface area contributed by atoms with E-state index in [1.54, 1.807) is 0 Å². The molecule has 2 aliphatic heterocycles. The molecule has 2 saturated heterocycles. The zero-order valence-electron chi connectivity index (χ0n) is 19.7. The summed E-state index contributed by atoms with van der Waals surface area (Å²) in [6.07, 6.45) is 4.89. The number of benzene rings is 1. The molecule has 6 heteroatoms. The molecule has 2 unspecified atom stereocenters. The van der Waals surface area contributed by atoms with Gasteiger partial charge >= 0.3 is 0 Å². The van der Waals surface area contributed by atoms with Crippen molar-refractivity contribution < 1.29 is 14.4 Å². The molecule has 1 aromatic rings. The third kappa shape index (κ3) is 5.46. The molecule has 2 atom stereocenters. The van der Waals surface area contributed by atoms with Gasteiger partial charge in [0.25, 0.3) is 5.91 Å². The van der Waals surface area contributed by atoms with Crippen molar-refractivity contribution in [3.63, 3.8) is 0 Å². The average molecular weight is 428 g/mol. The molecular weight excluding hydrogens is 390 g/mol. The highest BCUT2D eigenvalue weighted by atomic mass is 16.2. The van der Waals surface area contributed by atoms with Crippen LogP contribution in [0.1, 0.15) is 75.7 Å². The Hall–Kier alpha value is -2.37. The van der Waals surface area contributed by atoms with Crippen LogP contribution in [-0.2, 0) is 9.59 Å². The number of aryl methyl sites for hydroxylation is 1. The number of carbonyl (C=O) groups excluding carboxylic acids is 3. The van der Waals surface area contributed by atoms with E-state index >= 15 is 0 Å². The van der Waals surface area contributed by atoms with E-state index in [9.17, 15) is 14.4 Å². The summed E-state index contributed by atoms with van der Waals surface area (Å²) in [6, 6.07) is 5.78. The number of likely N-dealkylation sites (tertiary alicyclic amines) is 2. The van der Waals surface area contributed by atoms with Crippen LogP contribution in [0.25, 0.3) is 0 Å². The Morgan fingerprint density at radius 2 is 1.77 bits per heavy atom. The number of anilines is 1. The Morgan fingerprint density at radius 1 is 1.03 bits per heavy atom. The standard InChI is InChI=1S/C25H37N3O3/c1-17-15-19(23(30)28-14-7-6-9-18(28)2)11-12-21(17)26-22(29)20-10-8-13-27(16-20)24(31)25(3,4)5/h11-12,15,18,20H,6-10,13-14,16H2,1-5H3,(H,26,29). The minimum atomic E-state index is -0.441. The van der Waals surface area contributed by atoms with Crippen LogP contribution in [0.15, 0.2) is 18.2 Å². The van der Waals surface area contributed by atoms with E-state index in [1.165, 1.54) is 6.42 Å². The zero-order chi connectivity index (χ0) is 22.8. The van der Waals surface area contributed by atoms with E-state index in [4.69, 9.17) is 0 Å². The lowest BCUT2D eigenvalue weighted by Gasteiger charge is -2.36. The molecule has 2 aliphatic rings. The molecule has 3 amide bonds. The van der Waals surface area contributed by atoms with Crippen LogP contribution in [0.2, 0.25) is 0 Å². The number of nitrogens with one attached hydrogen (secondary N) is 1. The fourth-order valence-corrected chi connectivity index (χ4v) is 4.59. The van der Waals surface area contributed by atoms with E-state index < -0.39 is 5.41 Å². The number of hydrogen-bond acceptors (Lipinski definition) is 3. The maximum atomic E-state index is 12.9. The molecule has 0 saturated carbocycles. The summed E-state index contributed by atoms with van der Waals surface area (Å²) >= 11 is 0. The van der Waals surface area contributed by atoms with Gasteiger partial charge in [0, 0.05) is 42.3 Å². The van der Waals surface area contributed by atoms with Crippen LogP contribution in [-0.4, -0.2) is 53.2 Å². The molecule has 0 aromatic heterocycles. The van der Waals surface area contributed by atoms with Gasteiger partial charge < -0.3 is 15.1 Å². The zero-order valence-corrected chi connectivity index (χ0v) is 19.7. The van der Waals surface area contributed by atoms with Crippen molar-refractivity contribution >= 4 is 23.4 Å². The molecule has 2 fully saturated rings. The highest BCUT2D eigenvalue weighted by molar-refractivity contribution is 5.97. The average Bonchev–Trinajstić information content (AvgIpc) is 2.74. The summed E-state index contributed by atoms with van der Waals surface area (Å²) in [5.41, 5.74) is 1.84. The summed E-state index contributed by atoms with van der Waals surface area (Å²) in [7, 11) is 0. The Morgan fingerprint density at radius 3 is 2.42 bits per heavy atom. The second-order valence-electron chi connectivity index (χ2n) is 10.2. The third-order valence-electron chi connectivity index (χ3n) is 6.52. The van der Waals surface area contributed by atoms with Gasteiger partial charge in [-0.15, -0.1) is 0 Å². The highest BCUT2D eigenvalue weighted by Gasteiger charge is 2.33. The molecule has 2 heterocycles. The van der Waals surface area contributed by atoms with Crippen molar-refractivity contribution in [1.29, 1.82) is 0 Å². The fraction of sp³-hybridized carbons (Fsp3) is 0.640. The summed E-state index contributed by atoms with van der Waals surface area (Å²) in [5, 5.41) is 3.03. The van der Waals surface area contributed by atoms with Crippen molar-refractivity contribution in [3.8, 4) is 0 Å². The van der Waals surface area contributed by atoms with Crippen molar-refractivity contribution in [2.24, 2.45) is 11.3 Å². The normalized spacial score (nSPS) is 22.2. The number of amides is 3. The van der Waals surface area contributed by atoms with Crippen molar-refractivity contribution in [1.82, 2.24) is 9.80 Å². The van der Waals surface area contributed by atoms with Crippen LogP contribution < -0.4 is 5.32 Å². The number of carbonyl (C=O) groups is 3. The fourth-order valence-electron chi connectivity index (χ4n) is 4.59. The van der Waals surface area contributed by atoms with Gasteiger partial charge in [-0.25, -0.2) is 0 Å². The van der Waals surface area contributed by atoms with E-state index in [2.05, 4.69) is 12.2 Å². The Labute approximate surface area is 186 Å². The van der Waals surface area contributed by atoms with Gasteiger partial charge in [0.1, 0.15) is 0 Å². The largest absolute Gasteiger partial charge is 0.341 e. The lowest BCUT2D eigenvalue weighted by molar-refractivity contribution is -0.142. The van der Waals surface area contributed by atoms with Crippen LogP contribution in [0.4, 0.5) is 5.69 Å². The van der Waals surface area contributed by atoms with Crippen LogP contribution >= 0.6 is 0 Å². The van der Waals surface area contributed by atoms with Gasteiger partial charge in [0.15, 0.2) is 0 Å². The number of piperidine rings is 2. The summed E-state index contributed by atoms with van der Waals surface area (Å²) < 4.78 is 0.